The van der Waals surface area contributed by atoms with Crippen LogP contribution < -0.4 is 0 Å². The van der Waals surface area contributed by atoms with Crippen LogP contribution in [0.1, 0.15) is 37.3 Å². The molecule has 0 saturated carbocycles. The molecular formula is C15H20O3S2. The fraction of sp³-hybridized carbons (Fsp3) is 0.533. The van der Waals surface area contributed by atoms with E-state index < -0.39 is 5.97 Å². The maximum atomic E-state index is 10.5. The molecule has 0 amide bonds. The molecular weight excluding hydrogens is 292 g/mol. The first-order valence-electron chi connectivity index (χ1n) is 6.83. The van der Waals surface area contributed by atoms with Gasteiger partial charge in [0.25, 0.3) is 0 Å². The SMILES string of the molecule is CC1(c2cc(O)ccc2CCCCC(=O)O)SCCS1. The fourth-order valence-corrected chi connectivity index (χ4v) is 5.44. The lowest BCUT2D eigenvalue weighted by molar-refractivity contribution is -0.137. The predicted molar refractivity (Wildman–Crippen MR) is 85.6 cm³/mol. The molecule has 5 heteroatoms. The van der Waals surface area contributed by atoms with Crippen molar-refractivity contribution < 1.29 is 15.0 Å². The third kappa shape index (κ3) is 3.85. The van der Waals surface area contributed by atoms with Gasteiger partial charge in [-0.15, -0.1) is 23.5 Å². The number of carboxylic acid groups (broad SMARTS) is 1. The van der Waals surface area contributed by atoms with E-state index in [1.165, 1.54) is 11.1 Å². The first kappa shape index (κ1) is 15.6. The number of hydrogen-bond acceptors (Lipinski definition) is 4. The number of hydrogen-bond donors (Lipinski definition) is 2. The first-order valence-corrected chi connectivity index (χ1v) is 8.80. The van der Waals surface area contributed by atoms with Gasteiger partial charge in [0.2, 0.25) is 0 Å². The van der Waals surface area contributed by atoms with Gasteiger partial charge in [-0.05, 0) is 49.4 Å². The van der Waals surface area contributed by atoms with Crippen LogP contribution in [0.3, 0.4) is 0 Å². The predicted octanol–water partition coefficient (Wildman–Crippen LogP) is 3.84. The molecule has 0 aliphatic carbocycles. The molecule has 2 N–H and O–H groups in total. The number of carbonyl (C=O) groups is 1. The maximum absolute atomic E-state index is 10.5. The van der Waals surface area contributed by atoms with E-state index in [-0.39, 0.29) is 10.5 Å². The van der Waals surface area contributed by atoms with Gasteiger partial charge >= 0.3 is 5.97 Å². The zero-order valence-corrected chi connectivity index (χ0v) is 13.2. The molecule has 1 aliphatic rings. The fourth-order valence-electron chi connectivity index (χ4n) is 2.47. The molecule has 0 radical (unpaired) electrons. The van der Waals surface area contributed by atoms with E-state index in [4.69, 9.17) is 5.11 Å². The second-order valence-electron chi connectivity index (χ2n) is 5.08. The Morgan fingerprint density at radius 1 is 1.30 bits per heavy atom. The largest absolute Gasteiger partial charge is 0.508 e. The molecule has 0 bridgehead atoms. The highest BCUT2D eigenvalue weighted by Gasteiger charge is 2.34. The number of rotatable bonds is 6. The highest BCUT2D eigenvalue weighted by molar-refractivity contribution is 8.20. The van der Waals surface area contributed by atoms with Crippen molar-refractivity contribution in [1.82, 2.24) is 0 Å². The number of unbranched alkanes of at least 4 members (excludes halogenated alkanes) is 1. The van der Waals surface area contributed by atoms with Crippen LogP contribution in [0.5, 0.6) is 5.75 Å². The summed E-state index contributed by atoms with van der Waals surface area (Å²) in [5.74, 6) is 1.85. The second-order valence-corrected chi connectivity index (χ2v) is 8.37. The van der Waals surface area contributed by atoms with Gasteiger partial charge in [0.15, 0.2) is 0 Å². The Labute approximate surface area is 128 Å². The van der Waals surface area contributed by atoms with Gasteiger partial charge in [0.05, 0.1) is 4.08 Å². The van der Waals surface area contributed by atoms with Crippen molar-refractivity contribution in [3.8, 4) is 5.75 Å². The quantitative estimate of drug-likeness (QED) is 0.782. The summed E-state index contributed by atoms with van der Waals surface area (Å²) in [6.45, 7) is 2.21. The Morgan fingerprint density at radius 2 is 2.00 bits per heavy atom. The summed E-state index contributed by atoms with van der Waals surface area (Å²) < 4.78 is 0.0148. The van der Waals surface area contributed by atoms with Crippen LogP contribution >= 0.6 is 23.5 Å². The number of aromatic hydroxyl groups is 1. The number of benzene rings is 1. The summed E-state index contributed by atoms with van der Waals surface area (Å²) in [7, 11) is 0. The number of aliphatic carboxylic acids is 1. The number of phenolic OH excluding ortho intramolecular Hbond substituents is 1. The summed E-state index contributed by atoms with van der Waals surface area (Å²) in [6, 6.07) is 5.58. The average molecular weight is 312 g/mol. The average Bonchev–Trinajstić information content (AvgIpc) is 2.84. The Kier molecular flexibility index (Phi) is 5.27. The highest BCUT2D eigenvalue weighted by Crippen LogP contribution is 2.53. The van der Waals surface area contributed by atoms with Crippen molar-refractivity contribution in [3.05, 3.63) is 29.3 Å². The van der Waals surface area contributed by atoms with Gasteiger partial charge in [-0.2, -0.15) is 0 Å². The smallest absolute Gasteiger partial charge is 0.303 e. The molecule has 1 aromatic rings. The third-order valence-electron chi connectivity index (χ3n) is 3.51. The van der Waals surface area contributed by atoms with Gasteiger partial charge in [0.1, 0.15) is 5.75 Å². The molecule has 1 heterocycles. The van der Waals surface area contributed by atoms with Gasteiger partial charge in [-0.25, -0.2) is 0 Å². The van der Waals surface area contributed by atoms with E-state index >= 15 is 0 Å². The monoisotopic (exact) mass is 312 g/mol. The van der Waals surface area contributed by atoms with E-state index in [0.717, 1.165) is 24.3 Å². The summed E-state index contributed by atoms with van der Waals surface area (Å²) >= 11 is 3.84. The zero-order chi connectivity index (χ0) is 14.6. The van der Waals surface area contributed by atoms with Gasteiger partial charge in [0, 0.05) is 17.9 Å². The highest BCUT2D eigenvalue weighted by atomic mass is 32.2. The van der Waals surface area contributed by atoms with Crippen LogP contribution in [0, 0.1) is 0 Å². The number of phenols is 1. The Bertz CT molecular complexity index is 482. The molecule has 110 valence electrons. The van der Waals surface area contributed by atoms with E-state index in [9.17, 15) is 9.90 Å². The van der Waals surface area contributed by atoms with Crippen LogP contribution in [0.15, 0.2) is 18.2 Å². The van der Waals surface area contributed by atoms with Crippen LogP contribution in [-0.2, 0) is 15.3 Å². The standard InChI is InChI=1S/C15H20O3S2/c1-15(19-8-9-20-15)13-10-12(16)7-6-11(13)4-2-3-5-14(17)18/h6-7,10,16H,2-5,8-9H2,1H3,(H,17,18). The van der Waals surface area contributed by atoms with E-state index in [0.29, 0.717) is 12.2 Å². The molecule has 0 atom stereocenters. The summed E-state index contributed by atoms with van der Waals surface area (Å²) in [4.78, 5) is 10.5. The van der Waals surface area contributed by atoms with E-state index in [2.05, 4.69) is 6.92 Å². The van der Waals surface area contributed by atoms with E-state index in [1.54, 1.807) is 6.07 Å². The number of thioether (sulfide) groups is 2. The van der Waals surface area contributed by atoms with Crippen molar-refractivity contribution in [2.75, 3.05) is 11.5 Å². The van der Waals surface area contributed by atoms with Crippen molar-refractivity contribution >= 4 is 29.5 Å². The molecule has 0 aromatic heterocycles. The molecule has 1 aliphatic heterocycles. The minimum atomic E-state index is -0.732. The molecule has 1 aromatic carbocycles. The Hall–Kier alpha value is -0.810. The Morgan fingerprint density at radius 3 is 2.65 bits per heavy atom. The van der Waals surface area contributed by atoms with Gasteiger partial charge < -0.3 is 10.2 Å². The number of carboxylic acids is 1. The van der Waals surface area contributed by atoms with Gasteiger partial charge in [-0.3, -0.25) is 4.79 Å². The molecule has 1 saturated heterocycles. The first-order chi connectivity index (χ1) is 9.51. The lowest BCUT2D eigenvalue weighted by atomic mass is 9.98. The van der Waals surface area contributed by atoms with Gasteiger partial charge in [-0.1, -0.05) is 6.07 Å². The lowest BCUT2D eigenvalue weighted by Gasteiger charge is -2.25. The number of aryl methyl sites for hydroxylation is 1. The van der Waals surface area contributed by atoms with Crippen LogP contribution in [0.2, 0.25) is 0 Å². The van der Waals surface area contributed by atoms with Crippen LogP contribution in [0.25, 0.3) is 0 Å². The van der Waals surface area contributed by atoms with Crippen molar-refractivity contribution in [2.24, 2.45) is 0 Å². The molecule has 0 unspecified atom stereocenters. The Balaban J connectivity index is 2.10. The topological polar surface area (TPSA) is 57.5 Å². The molecule has 0 spiro atoms. The van der Waals surface area contributed by atoms with Crippen molar-refractivity contribution in [1.29, 1.82) is 0 Å². The second kappa shape index (κ2) is 6.76. The lowest BCUT2D eigenvalue weighted by Crippen LogP contribution is -2.12. The van der Waals surface area contributed by atoms with Crippen LogP contribution in [0.4, 0.5) is 0 Å². The van der Waals surface area contributed by atoms with Crippen LogP contribution in [-0.4, -0.2) is 27.7 Å². The molecule has 20 heavy (non-hydrogen) atoms. The minimum Gasteiger partial charge on any atom is -0.508 e. The normalized spacial score (nSPS) is 17.2. The van der Waals surface area contributed by atoms with Crippen molar-refractivity contribution in [2.45, 2.75) is 36.7 Å². The van der Waals surface area contributed by atoms with E-state index in [1.807, 2.05) is 35.7 Å². The molecule has 3 nitrogen and oxygen atoms in total. The zero-order valence-electron chi connectivity index (χ0n) is 11.6. The molecule has 2 rings (SSSR count). The maximum Gasteiger partial charge on any atom is 0.303 e. The molecule has 1 fully saturated rings. The minimum absolute atomic E-state index is 0.0148. The summed E-state index contributed by atoms with van der Waals surface area (Å²) in [5.41, 5.74) is 2.43. The summed E-state index contributed by atoms with van der Waals surface area (Å²) in [6.07, 6.45) is 2.68. The third-order valence-corrected chi connectivity index (χ3v) is 6.83. The summed E-state index contributed by atoms with van der Waals surface area (Å²) in [5, 5.41) is 18.4. The van der Waals surface area contributed by atoms with Crippen molar-refractivity contribution in [3.63, 3.8) is 0 Å².